The first-order chi connectivity index (χ1) is 14.0. The molecule has 0 aromatic heterocycles. The van der Waals surface area contributed by atoms with Gasteiger partial charge in [-0.3, -0.25) is 4.79 Å². The van der Waals surface area contributed by atoms with E-state index >= 15 is 0 Å². The Kier molecular flexibility index (Phi) is 11.4. The lowest BCUT2D eigenvalue weighted by Gasteiger charge is -2.30. The van der Waals surface area contributed by atoms with Crippen molar-refractivity contribution in [1.29, 1.82) is 0 Å². The summed E-state index contributed by atoms with van der Waals surface area (Å²) >= 11 is 0. The van der Waals surface area contributed by atoms with Crippen molar-refractivity contribution in [3.8, 4) is 0 Å². The predicted molar refractivity (Wildman–Crippen MR) is 128 cm³/mol. The number of hydrogen-bond acceptors (Lipinski definition) is 3. The molecule has 2 aliphatic rings. The fourth-order valence-electron chi connectivity index (χ4n) is 3.44. The Hall–Kier alpha value is -1.13. The monoisotopic (exact) mass is 420 g/mol. The number of allylic oxidation sites excluding steroid dienone is 2. The topological polar surface area (TPSA) is 50.4 Å². The van der Waals surface area contributed by atoms with Crippen molar-refractivity contribution in [2.45, 2.75) is 99.0 Å². The lowest BCUT2D eigenvalue weighted by Crippen LogP contribution is -2.53. The molecule has 1 heterocycles. The maximum atomic E-state index is 12.5. The largest absolute Gasteiger partial charge is 0.381 e. The van der Waals surface area contributed by atoms with Gasteiger partial charge in [0.2, 0.25) is 5.91 Å². The van der Waals surface area contributed by atoms with Gasteiger partial charge in [0.1, 0.15) is 0 Å². The van der Waals surface area contributed by atoms with E-state index in [9.17, 15) is 4.79 Å². The minimum atomic E-state index is -0.620. The molecular formula is C26H48N2O2. The maximum absolute atomic E-state index is 12.5. The molecule has 4 heteroatoms. The molecule has 0 spiro atoms. The molecule has 1 saturated carbocycles. The van der Waals surface area contributed by atoms with Crippen molar-refractivity contribution in [3.05, 3.63) is 23.9 Å². The van der Waals surface area contributed by atoms with Crippen LogP contribution in [0.4, 0.5) is 0 Å². The molecule has 1 aliphatic heterocycles. The second-order valence-electron chi connectivity index (χ2n) is 10.7. The summed E-state index contributed by atoms with van der Waals surface area (Å²) in [5, 5.41) is 6.30. The number of hydrogen-bond donors (Lipinski definition) is 2. The van der Waals surface area contributed by atoms with Crippen LogP contribution in [0.25, 0.3) is 0 Å². The van der Waals surface area contributed by atoms with Crippen molar-refractivity contribution in [2.75, 3.05) is 19.8 Å². The molecule has 0 bridgehead atoms. The van der Waals surface area contributed by atoms with Crippen molar-refractivity contribution >= 4 is 5.91 Å². The highest BCUT2D eigenvalue weighted by molar-refractivity contribution is 5.87. The number of amides is 1. The zero-order chi connectivity index (χ0) is 22.8. The summed E-state index contributed by atoms with van der Waals surface area (Å²) in [5.41, 5.74) is 1.29. The molecule has 2 fully saturated rings. The minimum absolute atomic E-state index is 0.0486. The van der Waals surface area contributed by atoms with Crippen LogP contribution >= 0.6 is 0 Å². The Morgan fingerprint density at radius 2 is 1.67 bits per heavy atom. The third kappa shape index (κ3) is 10.3. The Morgan fingerprint density at radius 3 is 2.10 bits per heavy atom. The van der Waals surface area contributed by atoms with Gasteiger partial charge in [0.25, 0.3) is 0 Å². The molecule has 1 amide bonds. The van der Waals surface area contributed by atoms with Crippen LogP contribution in [0.3, 0.4) is 0 Å². The van der Waals surface area contributed by atoms with Crippen LogP contribution in [0.5, 0.6) is 0 Å². The quantitative estimate of drug-likeness (QED) is 0.474. The summed E-state index contributed by atoms with van der Waals surface area (Å²) in [7, 11) is 0. The van der Waals surface area contributed by atoms with E-state index in [-0.39, 0.29) is 11.3 Å². The standard InChI is InChI=1S/C19H34N2O2.C7H14/c1-14(18(3,4)5)12-15(2)21-17(22)19(6,7)20-13-16-8-10-23-11-9-16;1-2-4-7-5-3-6-7/h12,16,20H,2,8-11,13H2,1,3-7H3,(H,21,22);7H,2-6H2,1H3/b14-12+;. The molecule has 174 valence electrons. The van der Waals surface area contributed by atoms with E-state index in [0.717, 1.165) is 38.5 Å². The molecule has 4 nitrogen and oxygen atoms in total. The van der Waals surface area contributed by atoms with E-state index < -0.39 is 5.54 Å². The Morgan fingerprint density at radius 1 is 1.07 bits per heavy atom. The number of carbonyl (C=O) groups excluding carboxylic acids is 1. The molecule has 0 aromatic carbocycles. The predicted octanol–water partition coefficient (Wildman–Crippen LogP) is 5.99. The molecule has 2 rings (SSSR count). The van der Waals surface area contributed by atoms with Crippen molar-refractivity contribution in [1.82, 2.24) is 10.6 Å². The summed E-state index contributed by atoms with van der Waals surface area (Å²) < 4.78 is 5.37. The first-order valence-corrected chi connectivity index (χ1v) is 12.0. The molecule has 0 aromatic rings. The van der Waals surface area contributed by atoms with Crippen molar-refractivity contribution in [3.63, 3.8) is 0 Å². The average molecular weight is 421 g/mol. The lowest BCUT2D eigenvalue weighted by molar-refractivity contribution is -0.125. The van der Waals surface area contributed by atoms with Gasteiger partial charge in [0, 0.05) is 18.9 Å². The Balaban J connectivity index is 0.000000539. The summed E-state index contributed by atoms with van der Waals surface area (Å²) in [4.78, 5) is 12.5. The zero-order valence-corrected chi connectivity index (χ0v) is 20.8. The van der Waals surface area contributed by atoms with Crippen LogP contribution in [0.15, 0.2) is 23.9 Å². The van der Waals surface area contributed by atoms with Crippen LogP contribution < -0.4 is 10.6 Å². The molecule has 30 heavy (non-hydrogen) atoms. The van der Waals surface area contributed by atoms with Crippen molar-refractivity contribution < 1.29 is 9.53 Å². The first kappa shape index (κ1) is 26.9. The molecule has 2 N–H and O–H groups in total. The number of carbonyl (C=O) groups is 1. The molecule has 0 atom stereocenters. The second kappa shape index (κ2) is 12.7. The van der Waals surface area contributed by atoms with Crippen LogP contribution in [0.1, 0.15) is 93.4 Å². The van der Waals surface area contributed by atoms with E-state index in [1.54, 1.807) is 0 Å². The summed E-state index contributed by atoms with van der Waals surface area (Å²) in [6, 6.07) is 0. The number of rotatable bonds is 8. The minimum Gasteiger partial charge on any atom is -0.381 e. The van der Waals surface area contributed by atoms with Crippen LogP contribution in [0, 0.1) is 17.3 Å². The normalized spacial score (nSPS) is 18.8. The molecular weight excluding hydrogens is 372 g/mol. The highest BCUT2D eigenvalue weighted by Gasteiger charge is 2.28. The Bertz CT molecular complexity index is 562. The lowest BCUT2D eigenvalue weighted by atomic mass is 9.82. The van der Waals surface area contributed by atoms with Crippen LogP contribution in [0.2, 0.25) is 0 Å². The van der Waals surface area contributed by atoms with E-state index in [1.165, 1.54) is 37.7 Å². The molecule has 1 saturated heterocycles. The van der Waals surface area contributed by atoms with Crippen LogP contribution in [-0.4, -0.2) is 31.2 Å². The highest BCUT2D eigenvalue weighted by atomic mass is 16.5. The van der Waals surface area contributed by atoms with E-state index in [0.29, 0.717) is 11.6 Å². The number of ether oxygens (including phenoxy) is 1. The second-order valence-corrected chi connectivity index (χ2v) is 10.7. The third-order valence-corrected chi connectivity index (χ3v) is 6.51. The zero-order valence-electron chi connectivity index (χ0n) is 20.8. The van der Waals surface area contributed by atoms with E-state index in [2.05, 4.69) is 51.8 Å². The van der Waals surface area contributed by atoms with E-state index in [4.69, 9.17) is 4.74 Å². The summed E-state index contributed by atoms with van der Waals surface area (Å²) in [6.07, 6.45) is 11.5. The average Bonchev–Trinajstić information content (AvgIpc) is 2.63. The highest BCUT2D eigenvalue weighted by Crippen LogP contribution is 2.30. The van der Waals surface area contributed by atoms with Gasteiger partial charge < -0.3 is 15.4 Å². The van der Waals surface area contributed by atoms with Gasteiger partial charge in [-0.15, -0.1) is 0 Å². The fraction of sp³-hybridized carbons (Fsp3) is 0.808. The van der Waals surface area contributed by atoms with Gasteiger partial charge >= 0.3 is 0 Å². The van der Waals surface area contributed by atoms with E-state index in [1.807, 2.05) is 19.9 Å². The number of nitrogens with one attached hydrogen (secondary N) is 2. The third-order valence-electron chi connectivity index (χ3n) is 6.51. The smallest absolute Gasteiger partial charge is 0.244 e. The molecule has 0 unspecified atom stereocenters. The maximum Gasteiger partial charge on any atom is 0.244 e. The van der Waals surface area contributed by atoms with Gasteiger partial charge in [0.05, 0.1) is 5.54 Å². The van der Waals surface area contributed by atoms with Gasteiger partial charge in [0.15, 0.2) is 0 Å². The van der Waals surface area contributed by atoms with Gasteiger partial charge in [-0.2, -0.15) is 0 Å². The van der Waals surface area contributed by atoms with Gasteiger partial charge in [-0.1, -0.05) is 72.0 Å². The van der Waals surface area contributed by atoms with Crippen LogP contribution in [-0.2, 0) is 9.53 Å². The van der Waals surface area contributed by atoms with Gasteiger partial charge in [-0.25, -0.2) is 0 Å². The summed E-state index contributed by atoms with van der Waals surface area (Å²) in [6.45, 7) is 21.1. The molecule has 0 radical (unpaired) electrons. The fourth-order valence-corrected chi connectivity index (χ4v) is 3.44. The summed E-state index contributed by atoms with van der Waals surface area (Å²) in [5.74, 6) is 1.67. The first-order valence-electron chi connectivity index (χ1n) is 12.0. The van der Waals surface area contributed by atoms with Gasteiger partial charge in [-0.05, 0) is 63.5 Å². The van der Waals surface area contributed by atoms with Crippen molar-refractivity contribution in [2.24, 2.45) is 17.3 Å². The Labute approximate surface area is 186 Å². The SMILES string of the molecule is C=C(/C=C(\C)C(C)(C)C)NC(=O)C(C)(C)NCC1CCOCC1.CCCC1CCC1. The molecule has 1 aliphatic carbocycles.